The smallest absolute Gasteiger partial charge is 0.228 e. The molecule has 1 amide bonds. The highest BCUT2D eigenvalue weighted by Crippen LogP contribution is 2.40. The molecule has 0 fully saturated rings. The molecule has 0 radical (unpaired) electrons. The van der Waals surface area contributed by atoms with Crippen LogP contribution in [0.25, 0.3) is 0 Å². The van der Waals surface area contributed by atoms with Crippen LogP contribution in [0.2, 0.25) is 0 Å². The van der Waals surface area contributed by atoms with Crippen LogP contribution in [0, 0.1) is 0 Å². The fraction of sp³-hybridized carbons (Fsp3) is 0.316. The fourth-order valence-corrected chi connectivity index (χ4v) is 4.48. The van der Waals surface area contributed by atoms with Crippen molar-refractivity contribution in [1.82, 2.24) is 4.72 Å². The van der Waals surface area contributed by atoms with Crippen LogP contribution in [0.3, 0.4) is 0 Å². The molecule has 0 heterocycles. The zero-order valence-electron chi connectivity index (χ0n) is 13.8. The predicted molar refractivity (Wildman–Crippen MR) is 95.3 cm³/mol. The van der Waals surface area contributed by atoms with Crippen molar-refractivity contribution in [2.75, 3.05) is 0 Å². The lowest BCUT2D eigenvalue weighted by Crippen LogP contribution is -2.42. The summed E-state index contributed by atoms with van der Waals surface area (Å²) < 4.78 is 15.0. The third kappa shape index (κ3) is 3.37. The van der Waals surface area contributed by atoms with Crippen molar-refractivity contribution in [2.24, 2.45) is 0 Å². The number of carbonyl (C=O) groups is 1. The van der Waals surface area contributed by atoms with Crippen LogP contribution in [0.15, 0.2) is 54.6 Å². The summed E-state index contributed by atoms with van der Waals surface area (Å²) in [5.41, 5.74) is 3.12. The molecule has 0 aliphatic rings. The van der Waals surface area contributed by atoms with E-state index in [9.17, 15) is 9.00 Å². The Bertz CT molecular complexity index is 700. The molecule has 0 aliphatic heterocycles. The molecular weight excluding hydrogens is 306 g/mol. The average Bonchev–Trinajstić information content (AvgIpc) is 2.57. The number of carbonyl (C=O) groups excluding carboxylic acids is 1. The molecule has 2 atom stereocenters. The summed E-state index contributed by atoms with van der Waals surface area (Å²) in [7, 11) is -1.56. The van der Waals surface area contributed by atoms with Crippen LogP contribution in [0.5, 0.6) is 0 Å². The maximum absolute atomic E-state index is 13.2. The number of aryl methyl sites for hydroxylation is 1. The number of amides is 1. The molecule has 122 valence electrons. The van der Waals surface area contributed by atoms with Gasteiger partial charge in [-0.25, -0.2) is 4.21 Å². The van der Waals surface area contributed by atoms with E-state index in [1.165, 1.54) is 6.92 Å². The van der Waals surface area contributed by atoms with Crippen molar-refractivity contribution in [3.05, 3.63) is 71.3 Å². The summed E-state index contributed by atoms with van der Waals surface area (Å²) in [5.74, 6) is -0.286. The molecule has 0 saturated carbocycles. The monoisotopic (exact) mass is 329 g/mol. The Labute approximate surface area is 140 Å². The number of benzene rings is 2. The Kier molecular flexibility index (Phi) is 5.72. The van der Waals surface area contributed by atoms with Crippen molar-refractivity contribution < 1.29 is 9.00 Å². The molecule has 23 heavy (non-hydrogen) atoms. The van der Waals surface area contributed by atoms with E-state index in [2.05, 4.69) is 17.7 Å². The Morgan fingerprint density at radius 1 is 1.04 bits per heavy atom. The lowest BCUT2D eigenvalue weighted by Gasteiger charge is -2.34. The van der Waals surface area contributed by atoms with E-state index in [4.69, 9.17) is 0 Å². The topological polar surface area (TPSA) is 46.2 Å². The zero-order chi connectivity index (χ0) is 16.9. The maximum atomic E-state index is 13.2. The van der Waals surface area contributed by atoms with Crippen molar-refractivity contribution in [2.45, 2.75) is 38.4 Å². The molecule has 2 rings (SSSR count). The number of rotatable bonds is 6. The van der Waals surface area contributed by atoms with Gasteiger partial charge in [-0.05, 0) is 29.5 Å². The molecule has 2 aromatic rings. The quantitative estimate of drug-likeness (QED) is 0.878. The Morgan fingerprint density at radius 3 is 2.22 bits per heavy atom. The Morgan fingerprint density at radius 2 is 1.65 bits per heavy atom. The first-order valence-electron chi connectivity index (χ1n) is 7.89. The molecule has 2 aromatic carbocycles. The number of nitrogens with one attached hydrogen (secondary N) is 1. The van der Waals surface area contributed by atoms with Gasteiger partial charge in [0.2, 0.25) is 5.91 Å². The second kappa shape index (κ2) is 7.55. The van der Waals surface area contributed by atoms with E-state index in [-0.39, 0.29) is 5.91 Å². The standard InChI is InChI=1S/C19H23NO2S/c1-4-16-11-9-10-14-18(16)19(5-2,23(22)20-15(3)21)17-12-7-6-8-13-17/h6-14H,4-5H2,1-3H3,(H,20,21). The molecule has 1 N–H and O–H groups in total. The maximum Gasteiger partial charge on any atom is 0.228 e. The molecular formula is C19H23NO2S. The third-order valence-corrected chi connectivity index (χ3v) is 5.97. The zero-order valence-corrected chi connectivity index (χ0v) is 14.7. The highest BCUT2D eigenvalue weighted by molar-refractivity contribution is 7.84. The van der Waals surface area contributed by atoms with Gasteiger partial charge in [0.1, 0.15) is 15.7 Å². The van der Waals surface area contributed by atoms with Crippen molar-refractivity contribution >= 4 is 16.9 Å². The summed E-state index contributed by atoms with van der Waals surface area (Å²) >= 11 is 0. The minimum Gasteiger partial charge on any atom is -0.274 e. The molecule has 0 spiro atoms. The van der Waals surface area contributed by atoms with E-state index in [0.717, 1.165) is 23.1 Å². The summed E-state index contributed by atoms with van der Waals surface area (Å²) in [6, 6.07) is 17.8. The summed E-state index contributed by atoms with van der Waals surface area (Å²) in [4.78, 5) is 11.5. The van der Waals surface area contributed by atoms with Gasteiger partial charge in [-0.3, -0.25) is 9.52 Å². The Balaban J connectivity index is 2.73. The van der Waals surface area contributed by atoms with Crippen LogP contribution >= 0.6 is 0 Å². The molecule has 4 heteroatoms. The predicted octanol–water partition coefficient (Wildman–Crippen LogP) is 3.70. The van der Waals surface area contributed by atoms with Crippen LogP contribution in [0.1, 0.15) is 43.9 Å². The minimum absolute atomic E-state index is 0.286. The summed E-state index contributed by atoms with van der Waals surface area (Å²) in [6.45, 7) is 5.50. The van der Waals surface area contributed by atoms with E-state index in [1.54, 1.807) is 0 Å². The Hall–Kier alpha value is -1.94. The van der Waals surface area contributed by atoms with Gasteiger partial charge in [-0.15, -0.1) is 0 Å². The van der Waals surface area contributed by atoms with Gasteiger partial charge < -0.3 is 0 Å². The van der Waals surface area contributed by atoms with Crippen molar-refractivity contribution in [3.63, 3.8) is 0 Å². The van der Waals surface area contributed by atoms with E-state index < -0.39 is 15.7 Å². The molecule has 0 aliphatic carbocycles. The van der Waals surface area contributed by atoms with Gasteiger partial charge in [0.05, 0.1) is 0 Å². The van der Waals surface area contributed by atoms with Gasteiger partial charge >= 0.3 is 0 Å². The highest BCUT2D eigenvalue weighted by Gasteiger charge is 2.41. The highest BCUT2D eigenvalue weighted by atomic mass is 32.2. The van der Waals surface area contributed by atoms with Gasteiger partial charge in [0.15, 0.2) is 0 Å². The van der Waals surface area contributed by atoms with Crippen molar-refractivity contribution in [1.29, 1.82) is 0 Å². The summed E-state index contributed by atoms with van der Waals surface area (Å²) in [6.07, 6.45) is 1.48. The molecule has 2 unspecified atom stereocenters. The number of hydrogen-bond acceptors (Lipinski definition) is 2. The van der Waals surface area contributed by atoms with Gasteiger partial charge in [0.25, 0.3) is 0 Å². The second-order valence-corrected chi connectivity index (χ2v) is 6.92. The van der Waals surface area contributed by atoms with Gasteiger partial charge in [0, 0.05) is 6.92 Å². The van der Waals surface area contributed by atoms with Crippen LogP contribution in [-0.2, 0) is 26.9 Å². The lowest BCUT2D eigenvalue weighted by molar-refractivity contribution is -0.117. The fourth-order valence-electron chi connectivity index (χ4n) is 3.04. The third-order valence-electron chi connectivity index (χ3n) is 4.12. The van der Waals surface area contributed by atoms with Crippen molar-refractivity contribution in [3.8, 4) is 0 Å². The first-order chi connectivity index (χ1) is 11.1. The summed E-state index contributed by atoms with van der Waals surface area (Å²) in [5, 5.41) is 0. The van der Waals surface area contributed by atoms with E-state index >= 15 is 0 Å². The van der Waals surface area contributed by atoms with E-state index in [1.807, 2.05) is 55.5 Å². The molecule has 0 bridgehead atoms. The van der Waals surface area contributed by atoms with E-state index in [0.29, 0.717) is 6.42 Å². The minimum atomic E-state index is -1.56. The molecule has 0 saturated heterocycles. The molecule has 3 nitrogen and oxygen atoms in total. The first-order valence-corrected chi connectivity index (χ1v) is 9.04. The largest absolute Gasteiger partial charge is 0.274 e. The normalized spacial score (nSPS) is 14.7. The first kappa shape index (κ1) is 17.4. The van der Waals surface area contributed by atoms with Crippen LogP contribution in [0.4, 0.5) is 0 Å². The van der Waals surface area contributed by atoms with Gasteiger partial charge in [-0.2, -0.15) is 0 Å². The number of hydrogen-bond donors (Lipinski definition) is 1. The van der Waals surface area contributed by atoms with Crippen LogP contribution < -0.4 is 4.72 Å². The SMILES string of the molecule is CCc1ccccc1C(CC)(c1ccccc1)S(=O)NC(C)=O. The van der Waals surface area contributed by atoms with Crippen LogP contribution in [-0.4, -0.2) is 10.1 Å². The molecule has 0 aromatic heterocycles. The van der Waals surface area contributed by atoms with Gasteiger partial charge in [-0.1, -0.05) is 68.4 Å². The second-order valence-electron chi connectivity index (χ2n) is 5.48. The lowest BCUT2D eigenvalue weighted by atomic mass is 9.84. The average molecular weight is 329 g/mol.